The molecule has 0 spiro atoms. The summed E-state index contributed by atoms with van der Waals surface area (Å²) in [5.41, 5.74) is 3.82. The van der Waals surface area contributed by atoms with Crippen LogP contribution in [0.5, 0.6) is 0 Å². The molecule has 0 amide bonds. The normalized spacial score (nSPS) is 12.6. The second-order valence-corrected chi connectivity index (χ2v) is 2.34. The first-order valence-corrected chi connectivity index (χ1v) is 3.32. The molecule has 1 unspecified atom stereocenters. The molecule has 0 aromatic carbocycles. The van der Waals surface area contributed by atoms with Gasteiger partial charge in [-0.05, 0) is 13.8 Å². The highest BCUT2D eigenvalue weighted by molar-refractivity contribution is 4.89. The number of hydroxylamine groups is 1. The van der Waals surface area contributed by atoms with Gasteiger partial charge in [-0.15, -0.1) is 6.58 Å². The summed E-state index contributed by atoms with van der Waals surface area (Å²) in [5.74, 6) is 0. The number of rotatable bonds is 5. The Morgan fingerprint density at radius 1 is 1.80 bits per heavy atom. The van der Waals surface area contributed by atoms with Crippen molar-refractivity contribution in [3.63, 3.8) is 0 Å². The van der Waals surface area contributed by atoms with E-state index in [2.05, 4.69) is 18.6 Å². The minimum absolute atomic E-state index is 0.0550. The minimum Gasteiger partial charge on any atom is -0.294 e. The molecule has 58 valence electrons. The highest BCUT2D eigenvalue weighted by Gasteiger charge is 1.92. The lowest BCUT2D eigenvalue weighted by Crippen LogP contribution is -2.21. The van der Waals surface area contributed by atoms with Gasteiger partial charge in [-0.1, -0.05) is 18.2 Å². The molecule has 0 aliphatic heterocycles. The van der Waals surface area contributed by atoms with Gasteiger partial charge < -0.3 is 0 Å². The summed E-state index contributed by atoms with van der Waals surface area (Å²) in [6, 6.07) is 0. The van der Waals surface area contributed by atoms with E-state index >= 15 is 0 Å². The van der Waals surface area contributed by atoms with E-state index in [1.54, 1.807) is 6.08 Å². The molecule has 0 heterocycles. The van der Waals surface area contributed by atoms with Crippen molar-refractivity contribution in [1.82, 2.24) is 5.48 Å². The van der Waals surface area contributed by atoms with E-state index in [9.17, 15) is 0 Å². The molecule has 0 saturated carbocycles. The summed E-state index contributed by atoms with van der Waals surface area (Å²) in [6.45, 7) is 11.8. The zero-order valence-electron chi connectivity index (χ0n) is 6.68. The predicted octanol–water partition coefficient (Wildman–Crippen LogP) is 1.66. The molecule has 0 aromatic heterocycles. The maximum absolute atomic E-state index is 5.07. The molecule has 0 saturated heterocycles. The van der Waals surface area contributed by atoms with Crippen molar-refractivity contribution in [2.24, 2.45) is 0 Å². The van der Waals surface area contributed by atoms with E-state index in [1.165, 1.54) is 0 Å². The highest BCUT2D eigenvalue weighted by Crippen LogP contribution is 1.88. The molecular formula is C8H15NO. The Bertz CT molecular complexity index is 120. The van der Waals surface area contributed by atoms with Gasteiger partial charge in [0.2, 0.25) is 0 Å². The predicted molar refractivity (Wildman–Crippen MR) is 43.6 cm³/mol. The molecule has 0 rings (SSSR count). The molecule has 1 atom stereocenters. The van der Waals surface area contributed by atoms with Crippen molar-refractivity contribution in [2.45, 2.75) is 20.0 Å². The van der Waals surface area contributed by atoms with Crippen LogP contribution in [0.15, 0.2) is 24.8 Å². The van der Waals surface area contributed by atoms with Crippen molar-refractivity contribution < 1.29 is 4.84 Å². The average Bonchev–Trinajstić information content (AvgIpc) is 1.87. The molecule has 2 heteroatoms. The SMILES string of the molecule is C=CC(C)ONCC(=C)C. The van der Waals surface area contributed by atoms with Crippen LogP contribution < -0.4 is 5.48 Å². The van der Waals surface area contributed by atoms with E-state index in [0.717, 1.165) is 5.57 Å². The Labute approximate surface area is 62.5 Å². The van der Waals surface area contributed by atoms with Crippen LogP contribution in [0.3, 0.4) is 0 Å². The zero-order valence-corrected chi connectivity index (χ0v) is 6.68. The van der Waals surface area contributed by atoms with Gasteiger partial charge in [-0.25, -0.2) is 0 Å². The van der Waals surface area contributed by atoms with Crippen LogP contribution in [-0.4, -0.2) is 12.6 Å². The Morgan fingerprint density at radius 2 is 2.40 bits per heavy atom. The lowest BCUT2D eigenvalue weighted by atomic mass is 10.4. The largest absolute Gasteiger partial charge is 0.294 e. The van der Waals surface area contributed by atoms with Crippen LogP contribution in [0.25, 0.3) is 0 Å². The fourth-order valence-electron chi connectivity index (χ4n) is 0.344. The Hall–Kier alpha value is -0.600. The van der Waals surface area contributed by atoms with Gasteiger partial charge in [0.15, 0.2) is 0 Å². The summed E-state index contributed by atoms with van der Waals surface area (Å²) in [7, 11) is 0. The standard InChI is InChI=1S/C8H15NO/c1-5-8(4)10-9-6-7(2)3/h5,8-9H,1-2,6H2,3-4H3. The zero-order chi connectivity index (χ0) is 7.98. The van der Waals surface area contributed by atoms with E-state index in [4.69, 9.17) is 4.84 Å². The van der Waals surface area contributed by atoms with E-state index < -0.39 is 0 Å². The smallest absolute Gasteiger partial charge is 0.0940 e. The molecule has 0 fully saturated rings. The van der Waals surface area contributed by atoms with Gasteiger partial charge in [0, 0.05) is 6.54 Å². The van der Waals surface area contributed by atoms with Crippen LogP contribution in [-0.2, 0) is 4.84 Å². The third-order valence-electron chi connectivity index (χ3n) is 0.975. The minimum atomic E-state index is 0.0550. The first-order valence-electron chi connectivity index (χ1n) is 3.32. The molecule has 1 N–H and O–H groups in total. The number of nitrogens with one attached hydrogen (secondary N) is 1. The quantitative estimate of drug-likeness (QED) is 0.464. The van der Waals surface area contributed by atoms with Gasteiger partial charge in [0.25, 0.3) is 0 Å². The van der Waals surface area contributed by atoms with Crippen molar-refractivity contribution in [3.8, 4) is 0 Å². The third kappa shape index (κ3) is 5.54. The van der Waals surface area contributed by atoms with Gasteiger partial charge in [0.05, 0.1) is 6.10 Å². The second kappa shape index (κ2) is 5.21. The summed E-state index contributed by atoms with van der Waals surface area (Å²) >= 11 is 0. The lowest BCUT2D eigenvalue weighted by molar-refractivity contribution is 0.0156. The summed E-state index contributed by atoms with van der Waals surface area (Å²) in [4.78, 5) is 5.07. The van der Waals surface area contributed by atoms with Gasteiger partial charge in [0.1, 0.15) is 0 Å². The van der Waals surface area contributed by atoms with Crippen LogP contribution >= 0.6 is 0 Å². The fraction of sp³-hybridized carbons (Fsp3) is 0.500. The van der Waals surface area contributed by atoms with Gasteiger partial charge in [-0.2, -0.15) is 5.48 Å². The van der Waals surface area contributed by atoms with Crippen molar-refractivity contribution in [2.75, 3.05) is 6.54 Å². The molecule has 0 aromatic rings. The van der Waals surface area contributed by atoms with Gasteiger partial charge in [-0.3, -0.25) is 4.84 Å². The Balaban J connectivity index is 3.19. The second-order valence-electron chi connectivity index (χ2n) is 2.34. The molecule has 10 heavy (non-hydrogen) atoms. The first kappa shape index (κ1) is 9.40. The fourth-order valence-corrected chi connectivity index (χ4v) is 0.344. The van der Waals surface area contributed by atoms with Crippen molar-refractivity contribution >= 4 is 0 Å². The van der Waals surface area contributed by atoms with E-state index in [1.807, 2.05) is 13.8 Å². The first-order chi connectivity index (χ1) is 4.66. The Kier molecular flexibility index (Phi) is 4.89. The molecular weight excluding hydrogens is 126 g/mol. The third-order valence-corrected chi connectivity index (χ3v) is 0.975. The summed E-state index contributed by atoms with van der Waals surface area (Å²) in [6.07, 6.45) is 1.78. The molecule has 2 nitrogen and oxygen atoms in total. The van der Waals surface area contributed by atoms with Crippen molar-refractivity contribution in [3.05, 3.63) is 24.8 Å². The Morgan fingerprint density at radius 3 is 2.80 bits per heavy atom. The van der Waals surface area contributed by atoms with Crippen LogP contribution in [0.2, 0.25) is 0 Å². The van der Waals surface area contributed by atoms with Crippen molar-refractivity contribution in [1.29, 1.82) is 0 Å². The van der Waals surface area contributed by atoms with Crippen LogP contribution in [0, 0.1) is 0 Å². The maximum atomic E-state index is 5.07. The number of hydrogen-bond acceptors (Lipinski definition) is 2. The topological polar surface area (TPSA) is 21.3 Å². The number of hydrogen-bond donors (Lipinski definition) is 1. The van der Waals surface area contributed by atoms with E-state index in [-0.39, 0.29) is 6.10 Å². The average molecular weight is 141 g/mol. The van der Waals surface area contributed by atoms with Crippen LogP contribution in [0.4, 0.5) is 0 Å². The molecule has 0 bridgehead atoms. The lowest BCUT2D eigenvalue weighted by Gasteiger charge is -2.08. The molecule has 0 aliphatic carbocycles. The summed E-state index contributed by atoms with van der Waals surface area (Å²) in [5, 5.41) is 0. The van der Waals surface area contributed by atoms with Gasteiger partial charge >= 0.3 is 0 Å². The highest BCUT2D eigenvalue weighted by atomic mass is 16.7. The van der Waals surface area contributed by atoms with Crippen LogP contribution in [0.1, 0.15) is 13.8 Å². The monoisotopic (exact) mass is 141 g/mol. The maximum Gasteiger partial charge on any atom is 0.0940 e. The van der Waals surface area contributed by atoms with E-state index in [0.29, 0.717) is 6.54 Å². The summed E-state index contributed by atoms with van der Waals surface area (Å²) < 4.78 is 0. The molecule has 0 aliphatic rings. The molecule has 0 radical (unpaired) electrons.